The summed E-state index contributed by atoms with van der Waals surface area (Å²) in [6.45, 7) is 1.73. The van der Waals surface area contributed by atoms with Crippen molar-refractivity contribution in [3.05, 3.63) is 48.0 Å². The number of amides is 2. The lowest BCUT2D eigenvalue weighted by Gasteiger charge is -2.10. The van der Waals surface area contributed by atoms with Crippen LogP contribution >= 0.6 is 0 Å². The summed E-state index contributed by atoms with van der Waals surface area (Å²) in [7, 11) is 2.97. The molecule has 2 aromatic carbocycles. The molecular formula is C22H25N3O7. The van der Waals surface area contributed by atoms with E-state index in [4.69, 9.17) is 18.9 Å². The van der Waals surface area contributed by atoms with Crippen LogP contribution in [0.3, 0.4) is 0 Å². The summed E-state index contributed by atoms with van der Waals surface area (Å²) in [5, 5.41) is 6.45. The number of nitrogens with zero attached hydrogens (tertiary/aromatic N) is 1. The van der Waals surface area contributed by atoms with Crippen LogP contribution in [0.25, 0.3) is 0 Å². The number of carbonyl (C=O) groups is 3. The molecule has 0 saturated heterocycles. The molecular weight excluding hydrogens is 418 g/mol. The van der Waals surface area contributed by atoms with E-state index < -0.39 is 24.2 Å². The van der Waals surface area contributed by atoms with E-state index in [9.17, 15) is 14.4 Å². The maximum Gasteiger partial charge on any atom is 0.344 e. The van der Waals surface area contributed by atoms with E-state index >= 15 is 0 Å². The zero-order chi connectivity index (χ0) is 23.3. The van der Waals surface area contributed by atoms with Gasteiger partial charge in [-0.2, -0.15) is 5.10 Å². The smallest absolute Gasteiger partial charge is 0.344 e. The van der Waals surface area contributed by atoms with E-state index in [0.717, 1.165) is 0 Å². The molecule has 0 spiro atoms. The Balaban J connectivity index is 1.86. The number of hydrogen-bond donors (Lipinski definition) is 2. The number of esters is 1. The highest BCUT2D eigenvalue weighted by Crippen LogP contribution is 2.27. The Kier molecular flexibility index (Phi) is 9.51. The SMILES string of the molecule is CCOC(=O)COc1ccc(C=NNC(=O)CC(=O)Nc2cccc(OC)c2)cc1OC. The van der Waals surface area contributed by atoms with Gasteiger partial charge in [-0.3, -0.25) is 9.59 Å². The number of nitrogens with one attached hydrogen (secondary N) is 2. The van der Waals surface area contributed by atoms with Crippen LogP contribution in [0.4, 0.5) is 5.69 Å². The Morgan fingerprint density at radius 1 is 1.00 bits per heavy atom. The summed E-state index contributed by atoms with van der Waals surface area (Å²) in [5.74, 6) is -0.236. The average molecular weight is 443 g/mol. The molecule has 0 saturated carbocycles. The molecule has 0 aliphatic carbocycles. The quantitative estimate of drug-likeness (QED) is 0.236. The average Bonchev–Trinajstić information content (AvgIpc) is 2.78. The molecule has 2 N–H and O–H groups in total. The minimum Gasteiger partial charge on any atom is -0.497 e. The van der Waals surface area contributed by atoms with E-state index in [0.29, 0.717) is 28.5 Å². The molecule has 0 aromatic heterocycles. The van der Waals surface area contributed by atoms with Crippen molar-refractivity contribution < 1.29 is 33.3 Å². The molecule has 0 bridgehead atoms. The molecule has 0 heterocycles. The maximum absolute atomic E-state index is 12.0. The van der Waals surface area contributed by atoms with Crippen molar-refractivity contribution in [3.63, 3.8) is 0 Å². The van der Waals surface area contributed by atoms with Crippen molar-refractivity contribution in [1.29, 1.82) is 0 Å². The third-order valence-corrected chi connectivity index (χ3v) is 3.92. The van der Waals surface area contributed by atoms with Crippen LogP contribution in [0.15, 0.2) is 47.6 Å². The zero-order valence-electron chi connectivity index (χ0n) is 18.0. The van der Waals surface area contributed by atoms with Gasteiger partial charge in [0, 0.05) is 11.8 Å². The highest BCUT2D eigenvalue weighted by molar-refractivity contribution is 6.03. The lowest BCUT2D eigenvalue weighted by atomic mass is 10.2. The third-order valence-electron chi connectivity index (χ3n) is 3.92. The molecule has 10 nitrogen and oxygen atoms in total. The van der Waals surface area contributed by atoms with Crippen molar-refractivity contribution >= 4 is 29.7 Å². The van der Waals surface area contributed by atoms with Crippen LogP contribution in [0, 0.1) is 0 Å². The summed E-state index contributed by atoms with van der Waals surface area (Å²) in [4.78, 5) is 35.3. The summed E-state index contributed by atoms with van der Waals surface area (Å²) in [6, 6.07) is 11.7. The highest BCUT2D eigenvalue weighted by atomic mass is 16.6. The third kappa shape index (κ3) is 7.98. The first kappa shape index (κ1) is 24.2. The molecule has 170 valence electrons. The number of hydrazone groups is 1. The van der Waals surface area contributed by atoms with E-state index in [2.05, 4.69) is 15.8 Å². The van der Waals surface area contributed by atoms with Crippen LogP contribution in [0.2, 0.25) is 0 Å². The molecule has 0 atom stereocenters. The largest absolute Gasteiger partial charge is 0.497 e. The van der Waals surface area contributed by atoms with Gasteiger partial charge in [-0.1, -0.05) is 6.07 Å². The predicted molar refractivity (Wildman–Crippen MR) is 117 cm³/mol. The Labute approximate surface area is 185 Å². The molecule has 2 aromatic rings. The van der Waals surface area contributed by atoms with Crippen LogP contribution in [0.1, 0.15) is 18.9 Å². The Bertz CT molecular complexity index is 976. The van der Waals surface area contributed by atoms with Crippen molar-refractivity contribution in [2.75, 3.05) is 32.8 Å². The van der Waals surface area contributed by atoms with E-state index in [-0.39, 0.29) is 13.2 Å². The number of ether oxygens (including phenoxy) is 4. The van der Waals surface area contributed by atoms with E-state index in [1.165, 1.54) is 20.4 Å². The van der Waals surface area contributed by atoms with Crippen molar-refractivity contribution in [1.82, 2.24) is 5.43 Å². The molecule has 0 radical (unpaired) electrons. The summed E-state index contributed by atoms with van der Waals surface area (Å²) < 4.78 is 20.5. The lowest BCUT2D eigenvalue weighted by molar-refractivity contribution is -0.145. The van der Waals surface area contributed by atoms with Gasteiger partial charge in [0.15, 0.2) is 18.1 Å². The molecule has 10 heteroatoms. The summed E-state index contributed by atoms with van der Waals surface area (Å²) >= 11 is 0. The fourth-order valence-electron chi connectivity index (χ4n) is 2.49. The Morgan fingerprint density at radius 2 is 1.81 bits per heavy atom. The normalized spacial score (nSPS) is 10.3. The number of benzene rings is 2. The lowest BCUT2D eigenvalue weighted by Crippen LogP contribution is -2.24. The zero-order valence-corrected chi connectivity index (χ0v) is 18.0. The molecule has 0 fully saturated rings. The number of methoxy groups -OCH3 is 2. The number of carbonyl (C=O) groups excluding carboxylic acids is 3. The second kappa shape index (κ2) is 12.6. The first-order valence-electron chi connectivity index (χ1n) is 9.67. The fourth-order valence-corrected chi connectivity index (χ4v) is 2.49. The van der Waals surface area contributed by atoms with Crippen LogP contribution in [-0.4, -0.2) is 51.4 Å². The van der Waals surface area contributed by atoms with Crippen LogP contribution in [0.5, 0.6) is 17.2 Å². The van der Waals surface area contributed by atoms with Gasteiger partial charge in [-0.15, -0.1) is 0 Å². The maximum atomic E-state index is 12.0. The molecule has 0 aliphatic heterocycles. The van der Waals surface area contributed by atoms with Gasteiger partial charge in [0.25, 0.3) is 0 Å². The number of rotatable bonds is 11. The predicted octanol–water partition coefficient (Wildman–Crippen LogP) is 2.12. The van der Waals surface area contributed by atoms with Crippen molar-refractivity contribution in [3.8, 4) is 17.2 Å². The van der Waals surface area contributed by atoms with Gasteiger partial charge in [0.1, 0.15) is 12.2 Å². The standard InChI is InChI=1S/C22H25N3O7/c1-4-31-22(28)14-32-18-9-8-15(10-19(18)30-3)13-23-25-21(27)12-20(26)24-16-6-5-7-17(11-16)29-2/h5-11,13H,4,12,14H2,1-3H3,(H,24,26)(H,25,27). The second-order valence-corrected chi connectivity index (χ2v) is 6.25. The van der Waals surface area contributed by atoms with Gasteiger partial charge in [0.2, 0.25) is 11.8 Å². The van der Waals surface area contributed by atoms with Gasteiger partial charge in [-0.05, 0) is 42.8 Å². The molecule has 2 amide bonds. The van der Waals surface area contributed by atoms with Crippen molar-refractivity contribution in [2.24, 2.45) is 5.10 Å². The van der Waals surface area contributed by atoms with Crippen LogP contribution in [-0.2, 0) is 19.1 Å². The minimum atomic E-state index is -0.581. The topological polar surface area (TPSA) is 125 Å². The molecule has 2 rings (SSSR count). The first-order chi connectivity index (χ1) is 15.4. The highest BCUT2D eigenvalue weighted by Gasteiger charge is 2.10. The molecule has 0 unspecified atom stereocenters. The van der Waals surface area contributed by atoms with E-state index in [1.807, 2.05) is 0 Å². The molecule has 0 aliphatic rings. The Hall–Kier alpha value is -4.08. The second-order valence-electron chi connectivity index (χ2n) is 6.25. The van der Waals surface area contributed by atoms with Crippen molar-refractivity contribution in [2.45, 2.75) is 13.3 Å². The Morgan fingerprint density at radius 3 is 2.53 bits per heavy atom. The first-order valence-corrected chi connectivity index (χ1v) is 9.67. The van der Waals surface area contributed by atoms with Gasteiger partial charge >= 0.3 is 5.97 Å². The fraction of sp³-hybridized carbons (Fsp3) is 0.273. The number of anilines is 1. The summed E-state index contributed by atoms with van der Waals surface area (Å²) in [6.07, 6.45) is 0.980. The summed E-state index contributed by atoms with van der Waals surface area (Å²) in [5.41, 5.74) is 3.41. The van der Waals surface area contributed by atoms with Gasteiger partial charge in [0.05, 0.1) is 27.0 Å². The van der Waals surface area contributed by atoms with Gasteiger partial charge in [-0.25, -0.2) is 10.2 Å². The van der Waals surface area contributed by atoms with Crippen LogP contribution < -0.4 is 25.0 Å². The van der Waals surface area contributed by atoms with E-state index in [1.54, 1.807) is 49.4 Å². The number of hydrogen-bond acceptors (Lipinski definition) is 8. The monoisotopic (exact) mass is 443 g/mol. The minimum absolute atomic E-state index is 0.245. The van der Waals surface area contributed by atoms with Gasteiger partial charge < -0.3 is 24.3 Å². The molecule has 32 heavy (non-hydrogen) atoms.